The van der Waals surface area contributed by atoms with Gasteiger partial charge in [0.1, 0.15) is 17.3 Å². The van der Waals surface area contributed by atoms with Gasteiger partial charge in [-0.05, 0) is 24.6 Å². The Morgan fingerprint density at radius 3 is 2.75 bits per heavy atom. The highest BCUT2D eigenvalue weighted by atomic mass is 16.5. The Labute approximate surface area is 117 Å². The first-order valence-corrected chi connectivity index (χ1v) is 6.09. The van der Waals surface area contributed by atoms with E-state index in [-0.39, 0.29) is 11.7 Å². The van der Waals surface area contributed by atoms with Gasteiger partial charge in [-0.3, -0.25) is 4.79 Å². The van der Waals surface area contributed by atoms with Crippen molar-refractivity contribution in [2.45, 2.75) is 12.8 Å². The van der Waals surface area contributed by atoms with Crippen LogP contribution < -0.4 is 20.5 Å². The Balaban J connectivity index is 2.62. The fourth-order valence-corrected chi connectivity index (χ4v) is 1.61. The molecule has 1 aromatic carbocycles. The van der Waals surface area contributed by atoms with Gasteiger partial charge in [-0.15, -0.1) is 0 Å². The number of nitrogens with zero attached hydrogens (tertiary/aromatic N) is 1. The fraction of sp³-hybridized carbons (Fsp3) is 0.385. The number of carbonyl (C=O) groups excluding carboxylic acids is 1. The molecule has 0 unspecified atom stereocenters. The lowest BCUT2D eigenvalue weighted by atomic mass is 10.1. The molecule has 0 heterocycles. The number of carbonyl (C=O) groups is 1. The summed E-state index contributed by atoms with van der Waals surface area (Å²) >= 11 is 0. The Bertz CT molecular complexity index is 489. The minimum Gasteiger partial charge on any atom is -0.497 e. The number of nitrogens with one attached hydrogen (secondary N) is 1. The smallest absolute Gasteiger partial charge is 0.255 e. The van der Waals surface area contributed by atoms with E-state index in [0.29, 0.717) is 36.4 Å². The number of hydrogen-bond acceptors (Lipinski definition) is 5. The Morgan fingerprint density at radius 1 is 1.40 bits per heavy atom. The van der Waals surface area contributed by atoms with Crippen molar-refractivity contribution in [1.29, 1.82) is 0 Å². The van der Waals surface area contributed by atoms with Crippen LogP contribution in [0, 0.1) is 0 Å². The summed E-state index contributed by atoms with van der Waals surface area (Å²) in [5.74, 6) is 0.922. The summed E-state index contributed by atoms with van der Waals surface area (Å²) in [6.45, 7) is 0.412. The van der Waals surface area contributed by atoms with E-state index in [9.17, 15) is 4.79 Å². The molecule has 0 atom stereocenters. The zero-order valence-corrected chi connectivity index (χ0v) is 11.5. The number of rotatable bonds is 7. The molecule has 1 aromatic rings. The molecule has 0 radical (unpaired) electrons. The predicted molar refractivity (Wildman–Crippen MR) is 74.5 cm³/mol. The summed E-state index contributed by atoms with van der Waals surface area (Å²) < 4.78 is 10.2. The third-order valence-electron chi connectivity index (χ3n) is 2.67. The largest absolute Gasteiger partial charge is 0.497 e. The molecule has 0 aliphatic carbocycles. The highest BCUT2D eigenvalue weighted by molar-refractivity contribution is 5.97. The van der Waals surface area contributed by atoms with Gasteiger partial charge in [0, 0.05) is 13.0 Å². The van der Waals surface area contributed by atoms with Crippen LogP contribution in [0.2, 0.25) is 0 Å². The number of ether oxygens (including phenoxy) is 2. The molecule has 20 heavy (non-hydrogen) atoms. The van der Waals surface area contributed by atoms with Gasteiger partial charge < -0.3 is 25.7 Å². The number of hydrogen-bond donors (Lipinski definition) is 3. The van der Waals surface area contributed by atoms with Crippen molar-refractivity contribution < 1.29 is 19.5 Å². The summed E-state index contributed by atoms with van der Waals surface area (Å²) in [5, 5.41) is 14.0. The first kappa shape index (κ1) is 15.6. The molecule has 7 nitrogen and oxygen atoms in total. The zero-order chi connectivity index (χ0) is 15.0. The first-order valence-electron chi connectivity index (χ1n) is 6.09. The van der Waals surface area contributed by atoms with Gasteiger partial charge in [-0.25, -0.2) is 0 Å². The maximum Gasteiger partial charge on any atom is 0.255 e. The second-order valence-corrected chi connectivity index (χ2v) is 4.02. The normalized spacial score (nSPS) is 11.0. The average molecular weight is 281 g/mol. The summed E-state index contributed by atoms with van der Waals surface area (Å²) in [6.07, 6.45) is 0.986. The van der Waals surface area contributed by atoms with Gasteiger partial charge in [0.05, 0.1) is 19.8 Å². The topological polar surface area (TPSA) is 106 Å². The van der Waals surface area contributed by atoms with Gasteiger partial charge in [0.25, 0.3) is 5.91 Å². The molecule has 4 N–H and O–H groups in total. The summed E-state index contributed by atoms with van der Waals surface area (Å²) in [6, 6.07) is 5.00. The SMILES string of the molecule is COc1ccc(OC)c(C(=O)NCCCC(N)=NO)c1. The van der Waals surface area contributed by atoms with Gasteiger partial charge >= 0.3 is 0 Å². The molecule has 1 amide bonds. The summed E-state index contributed by atoms with van der Waals surface area (Å²) in [4.78, 5) is 12.0. The van der Waals surface area contributed by atoms with Crippen LogP contribution in [0.15, 0.2) is 23.4 Å². The van der Waals surface area contributed by atoms with Crippen LogP contribution in [0.25, 0.3) is 0 Å². The van der Waals surface area contributed by atoms with E-state index in [1.807, 2.05) is 0 Å². The predicted octanol–water partition coefficient (Wildman–Crippen LogP) is 0.960. The molecule has 110 valence electrons. The number of amidine groups is 1. The van der Waals surface area contributed by atoms with Crippen molar-refractivity contribution >= 4 is 11.7 Å². The number of methoxy groups -OCH3 is 2. The van der Waals surface area contributed by atoms with E-state index in [4.69, 9.17) is 20.4 Å². The molecule has 0 aliphatic rings. The lowest BCUT2D eigenvalue weighted by Gasteiger charge is -2.10. The van der Waals surface area contributed by atoms with Crippen LogP contribution in [0.3, 0.4) is 0 Å². The van der Waals surface area contributed by atoms with E-state index in [2.05, 4.69) is 10.5 Å². The van der Waals surface area contributed by atoms with E-state index in [1.165, 1.54) is 14.2 Å². The molecule has 0 fully saturated rings. The molecule has 0 aromatic heterocycles. The average Bonchev–Trinajstić information content (AvgIpc) is 2.50. The third-order valence-corrected chi connectivity index (χ3v) is 2.67. The standard InChI is InChI=1S/C13H19N3O4/c1-19-9-5-6-11(20-2)10(8-9)13(17)15-7-3-4-12(14)16-18/h5-6,8,18H,3-4,7H2,1-2H3,(H2,14,16)(H,15,17). The maximum absolute atomic E-state index is 12.0. The monoisotopic (exact) mass is 281 g/mol. The van der Waals surface area contributed by atoms with Gasteiger partial charge in [0.2, 0.25) is 0 Å². The molecule has 0 spiro atoms. The molecular formula is C13H19N3O4. The lowest BCUT2D eigenvalue weighted by Crippen LogP contribution is -2.26. The van der Waals surface area contributed by atoms with Crippen molar-refractivity contribution in [3.63, 3.8) is 0 Å². The van der Waals surface area contributed by atoms with Crippen molar-refractivity contribution in [3.05, 3.63) is 23.8 Å². The van der Waals surface area contributed by atoms with Crippen molar-refractivity contribution in [3.8, 4) is 11.5 Å². The van der Waals surface area contributed by atoms with Crippen LogP contribution in [-0.4, -0.2) is 37.7 Å². The van der Waals surface area contributed by atoms with Crippen LogP contribution in [0.5, 0.6) is 11.5 Å². The van der Waals surface area contributed by atoms with E-state index < -0.39 is 0 Å². The molecule has 0 aliphatic heterocycles. The second-order valence-electron chi connectivity index (χ2n) is 4.02. The Morgan fingerprint density at radius 2 is 2.15 bits per heavy atom. The van der Waals surface area contributed by atoms with E-state index in [0.717, 1.165) is 0 Å². The number of amides is 1. The van der Waals surface area contributed by atoms with E-state index >= 15 is 0 Å². The Kier molecular flexibility index (Phi) is 6.15. The quantitative estimate of drug-likeness (QED) is 0.227. The molecule has 0 saturated carbocycles. The van der Waals surface area contributed by atoms with E-state index in [1.54, 1.807) is 18.2 Å². The first-order chi connectivity index (χ1) is 9.62. The number of nitrogens with two attached hydrogens (primary N) is 1. The highest BCUT2D eigenvalue weighted by Crippen LogP contribution is 2.23. The van der Waals surface area contributed by atoms with Crippen LogP contribution in [-0.2, 0) is 0 Å². The molecule has 1 rings (SSSR count). The lowest BCUT2D eigenvalue weighted by molar-refractivity contribution is 0.0950. The summed E-state index contributed by atoms with van der Waals surface area (Å²) in [5.41, 5.74) is 5.73. The molecule has 7 heteroatoms. The van der Waals surface area contributed by atoms with Gasteiger partial charge in [0.15, 0.2) is 0 Å². The van der Waals surface area contributed by atoms with Crippen molar-refractivity contribution in [2.24, 2.45) is 10.9 Å². The molecular weight excluding hydrogens is 262 g/mol. The van der Waals surface area contributed by atoms with Crippen molar-refractivity contribution in [2.75, 3.05) is 20.8 Å². The fourth-order valence-electron chi connectivity index (χ4n) is 1.61. The number of oxime groups is 1. The summed E-state index contributed by atoms with van der Waals surface area (Å²) in [7, 11) is 3.03. The third kappa shape index (κ3) is 4.34. The van der Waals surface area contributed by atoms with Crippen LogP contribution in [0.1, 0.15) is 23.2 Å². The highest BCUT2D eigenvalue weighted by Gasteiger charge is 2.13. The number of benzene rings is 1. The minimum absolute atomic E-state index is 0.137. The van der Waals surface area contributed by atoms with Gasteiger partial charge in [-0.1, -0.05) is 5.16 Å². The molecule has 0 bridgehead atoms. The second kappa shape index (κ2) is 7.88. The maximum atomic E-state index is 12.0. The van der Waals surface area contributed by atoms with Crippen molar-refractivity contribution in [1.82, 2.24) is 5.32 Å². The Hall–Kier alpha value is -2.44. The minimum atomic E-state index is -0.264. The zero-order valence-electron chi connectivity index (χ0n) is 11.5. The van der Waals surface area contributed by atoms with Crippen LogP contribution >= 0.6 is 0 Å². The molecule has 0 saturated heterocycles. The van der Waals surface area contributed by atoms with Crippen LogP contribution in [0.4, 0.5) is 0 Å². The van der Waals surface area contributed by atoms with Gasteiger partial charge in [-0.2, -0.15) is 0 Å².